The Morgan fingerprint density at radius 3 is 2.48 bits per heavy atom. The molecule has 0 radical (unpaired) electrons. The van der Waals surface area contributed by atoms with Crippen molar-refractivity contribution in [1.82, 2.24) is 0 Å². The van der Waals surface area contributed by atoms with Crippen molar-refractivity contribution < 1.29 is 39.8 Å². The first-order valence-corrected chi connectivity index (χ1v) is 6.25. The van der Waals surface area contributed by atoms with Gasteiger partial charge in [-0.15, -0.1) is 0 Å². The molecule has 1 heterocycles. The van der Waals surface area contributed by atoms with E-state index in [2.05, 4.69) is 0 Å². The molecule has 2 rings (SSSR count). The van der Waals surface area contributed by atoms with Crippen LogP contribution in [0.5, 0.6) is 5.75 Å². The molecule has 0 aromatic heterocycles. The molecule has 1 fully saturated rings. The van der Waals surface area contributed by atoms with Crippen molar-refractivity contribution in [1.29, 1.82) is 0 Å². The van der Waals surface area contributed by atoms with Gasteiger partial charge in [-0.2, -0.15) is 0 Å². The Balaban J connectivity index is 2.16. The summed E-state index contributed by atoms with van der Waals surface area (Å²) in [6.07, 6.45) is -7.63. The number of rotatable bonds is 3. The van der Waals surface area contributed by atoms with E-state index < -0.39 is 43.3 Å². The number of benzene rings is 1. The molecule has 1 aliphatic rings. The van der Waals surface area contributed by atoms with E-state index in [9.17, 15) is 25.2 Å². The van der Waals surface area contributed by atoms with Gasteiger partial charge in [0.2, 0.25) is 0 Å². The van der Waals surface area contributed by atoms with Gasteiger partial charge in [0, 0.05) is 0 Å². The topological polar surface area (TPSA) is 137 Å². The molecule has 0 aliphatic carbocycles. The van der Waals surface area contributed by atoms with Gasteiger partial charge in [0.05, 0.1) is 6.61 Å². The van der Waals surface area contributed by atoms with Crippen molar-refractivity contribution in [2.24, 2.45) is 0 Å². The lowest BCUT2D eigenvalue weighted by Crippen LogP contribution is -2.59. The summed E-state index contributed by atoms with van der Waals surface area (Å²) in [6, 6.07) is 5.59. The number of aliphatic hydroxyl groups excluding tert-OH is 4. The van der Waals surface area contributed by atoms with Crippen LogP contribution < -0.4 is 0 Å². The molecule has 0 spiro atoms. The van der Waals surface area contributed by atoms with Gasteiger partial charge < -0.3 is 35.0 Å². The summed E-state index contributed by atoms with van der Waals surface area (Å²) in [4.78, 5) is 11.9. The maximum absolute atomic E-state index is 11.9. The number of hydrogen-bond donors (Lipinski definition) is 5. The number of phenolic OH excluding ortho intramolecular Hbond substituents is 1. The summed E-state index contributed by atoms with van der Waals surface area (Å²) in [6.45, 7) is -0.629. The molecule has 0 saturated carbocycles. The zero-order valence-corrected chi connectivity index (χ0v) is 10.9. The summed E-state index contributed by atoms with van der Waals surface area (Å²) >= 11 is 0. The molecule has 1 aromatic carbocycles. The Morgan fingerprint density at radius 2 is 1.86 bits per heavy atom. The van der Waals surface area contributed by atoms with Crippen molar-refractivity contribution in [3.05, 3.63) is 29.8 Å². The molecule has 5 atom stereocenters. The molecular weight excluding hydrogens is 284 g/mol. The number of para-hydroxylation sites is 1. The monoisotopic (exact) mass is 300 g/mol. The number of aliphatic hydroxyl groups is 4. The highest BCUT2D eigenvalue weighted by Crippen LogP contribution is 2.25. The highest BCUT2D eigenvalue weighted by molar-refractivity contribution is 5.92. The average molecular weight is 300 g/mol. The number of phenols is 1. The molecule has 5 unspecified atom stereocenters. The fraction of sp³-hybridized carbons (Fsp3) is 0.462. The summed E-state index contributed by atoms with van der Waals surface area (Å²) in [7, 11) is 0. The third-order valence-corrected chi connectivity index (χ3v) is 3.21. The van der Waals surface area contributed by atoms with Gasteiger partial charge in [-0.1, -0.05) is 12.1 Å². The molecule has 0 amide bonds. The zero-order chi connectivity index (χ0) is 15.6. The van der Waals surface area contributed by atoms with Gasteiger partial charge in [-0.05, 0) is 12.1 Å². The molecule has 116 valence electrons. The van der Waals surface area contributed by atoms with Crippen molar-refractivity contribution >= 4 is 5.97 Å². The smallest absolute Gasteiger partial charge is 0.342 e. The Bertz CT molecular complexity index is 505. The van der Waals surface area contributed by atoms with Crippen molar-refractivity contribution in [2.45, 2.75) is 30.7 Å². The minimum absolute atomic E-state index is 0.154. The van der Waals surface area contributed by atoms with Gasteiger partial charge in [0.15, 0.2) is 12.4 Å². The van der Waals surface area contributed by atoms with E-state index in [4.69, 9.17) is 14.6 Å². The van der Waals surface area contributed by atoms with Crippen LogP contribution in [-0.4, -0.2) is 68.8 Å². The largest absolute Gasteiger partial charge is 0.507 e. The molecule has 8 heteroatoms. The highest BCUT2D eigenvalue weighted by atomic mass is 16.7. The Labute approximate surface area is 119 Å². The second-order valence-electron chi connectivity index (χ2n) is 4.62. The molecule has 1 aliphatic heterocycles. The van der Waals surface area contributed by atoms with Gasteiger partial charge in [0.25, 0.3) is 0 Å². The summed E-state index contributed by atoms with van der Waals surface area (Å²) in [5.74, 6) is -1.31. The first-order chi connectivity index (χ1) is 9.95. The lowest BCUT2D eigenvalue weighted by molar-refractivity contribution is -0.285. The minimum Gasteiger partial charge on any atom is -0.507 e. The Morgan fingerprint density at radius 1 is 1.19 bits per heavy atom. The predicted molar refractivity (Wildman–Crippen MR) is 67.3 cm³/mol. The van der Waals surface area contributed by atoms with Crippen LogP contribution in [0.15, 0.2) is 24.3 Å². The third-order valence-electron chi connectivity index (χ3n) is 3.21. The zero-order valence-electron chi connectivity index (χ0n) is 10.9. The molecule has 0 bridgehead atoms. The van der Waals surface area contributed by atoms with Crippen molar-refractivity contribution in [2.75, 3.05) is 6.61 Å². The first kappa shape index (κ1) is 15.7. The molecule has 1 aromatic rings. The molecule has 21 heavy (non-hydrogen) atoms. The van der Waals surface area contributed by atoms with Gasteiger partial charge in [-0.3, -0.25) is 0 Å². The van der Waals surface area contributed by atoms with E-state index in [1.54, 1.807) is 0 Å². The lowest BCUT2D eigenvalue weighted by Gasteiger charge is -2.39. The number of ether oxygens (including phenoxy) is 2. The summed E-state index contributed by atoms with van der Waals surface area (Å²) < 4.78 is 9.70. The quantitative estimate of drug-likeness (QED) is 0.419. The van der Waals surface area contributed by atoms with Crippen LogP contribution in [0.25, 0.3) is 0 Å². The van der Waals surface area contributed by atoms with Crippen LogP contribution in [-0.2, 0) is 9.47 Å². The Kier molecular flexibility index (Phi) is 4.76. The second kappa shape index (κ2) is 6.37. The molecule has 1 saturated heterocycles. The third kappa shape index (κ3) is 3.14. The van der Waals surface area contributed by atoms with Crippen LogP contribution >= 0.6 is 0 Å². The highest BCUT2D eigenvalue weighted by Gasteiger charge is 2.46. The number of aromatic hydroxyl groups is 1. The number of hydrogen-bond acceptors (Lipinski definition) is 8. The lowest BCUT2D eigenvalue weighted by atomic mass is 9.99. The molecular formula is C13H16O8. The van der Waals surface area contributed by atoms with Gasteiger partial charge in [-0.25, -0.2) is 4.79 Å². The van der Waals surface area contributed by atoms with Gasteiger partial charge in [0.1, 0.15) is 29.6 Å². The number of esters is 1. The minimum atomic E-state index is -1.72. The standard InChI is InChI=1S/C13H16O8/c14-5-8-9(16)11(10(17)13(19)20-8)21-12(18)6-3-1-2-4-7(6)15/h1-4,8-11,13-17,19H,5H2. The SMILES string of the molecule is O=C(OC1C(O)C(O)OC(CO)C1O)c1ccccc1O. The van der Waals surface area contributed by atoms with E-state index in [1.165, 1.54) is 24.3 Å². The number of carbonyl (C=O) groups is 1. The second-order valence-corrected chi connectivity index (χ2v) is 4.62. The van der Waals surface area contributed by atoms with E-state index >= 15 is 0 Å². The van der Waals surface area contributed by atoms with Crippen molar-refractivity contribution in [3.8, 4) is 5.75 Å². The Hall–Kier alpha value is -1.71. The van der Waals surface area contributed by atoms with Gasteiger partial charge >= 0.3 is 5.97 Å². The van der Waals surface area contributed by atoms with E-state index in [0.29, 0.717) is 0 Å². The van der Waals surface area contributed by atoms with E-state index in [-0.39, 0.29) is 11.3 Å². The van der Waals surface area contributed by atoms with E-state index in [1.807, 2.05) is 0 Å². The average Bonchev–Trinajstić information content (AvgIpc) is 2.47. The fourth-order valence-corrected chi connectivity index (χ4v) is 2.04. The number of carbonyl (C=O) groups excluding carboxylic acids is 1. The molecule has 5 N–H and O–H groups in total. The summed E-state index contributed by atoms with van der Waals surface area (Å²) in [5.41, 5.74) is -0.154. The normalized spacial score (nSPS) is 32.7. The van der Waals surface area contributed by atoms with Crippen LogP contribution in [0, 0.1) is 0 Å². The van der Waals surface area contributed by atoms with E-state index in [0.717, 1.165) is 0 Å². The fourth-order valence-electron chi connectivity index (χ4n) is 2.04. The van der Waals surface area contributed by atoms with Crippen LogP contribution in [0.4, 0.5) is 0 Å². The summed E-state index contributed by atoms with van der Waals surface area (Å²) in [5, 5.41) is 47.7. The van der Waals surface area contributed by atoms with Crippen molar-refractivity contribution in [3.63, 3.8) is 0 Å². The molecule has 8 nitrogen and oxygen atoms in total. The maximum Gasteiger partial charge on any atom is 0.342 e. The van der Waals surface area contributed by atoms with Crippen LogP contribution in [0.2, 0.25) is 0 Å². The maximum atomic E-state index is 11.9. The van der Waals surface area contributed by atoms with Crippen LogP contribution in [0.1, 0.15) is 10.4 Å². The first-order valence-electron chi connectivity index (χ1n) is 6.25. The predicted octanol–water partition coefficient (Wildman–Crippen LogP) is -1.65. The van der Waals surface area contributed by atoms with Crippen LogP contribution in [0.3, 0.4) is 0 Å².